The van der Waals surface area contributed by atoms with Gasteiger partial charge in [-0.05, 0) is 37.8 Å². The summed E-state index contributed by atoms with van der Waals surface area (Å²) < 4.78 is 5.18. The Kier molecular flexibility index (Phi) is 7.25. The summed E-state index contributed by atoms with van der Waals surface area (Å²) in [5, 5.41) is 4.55. The van der Waals surface area contributed by atoms with Crippen molar-refractivity contribution in [2.24, 2.45) is 11.1 Å². The van der Waals surface area contributed by atoms with Gasteiger partial charge >= 0.3 is 11.6 Å². The first-order chi connectivity index (χ1) is 14.4. The van der Waals surface area contributed by atoms with Gasteiger partial charge in [-0.3, -0.25) is 9.78 Å². The molecule has 0 amide bonds. The molecule has 9 nitrogen and oxygen atoms in total. The van der Waals surface area contributed by atoms with Gasteiger partial charge in [0.2, 0.25) is 5.71 Å². The van der Waals surface area contributed by atoms with Crippen LogP contribution in [0.25, 0.3) is 11.1 Å². The summed E-state index contributed by atoms with van der Waals surface area (Å²) in [6.45, 7) is 9.91. The van der Waals surface area contributed by atoms with Crippen LogP contribution in [0.1, 0.15) is 45.6 Å². The van der Waals surface area contributed by atoms with Crippen molar-refractivity contribution in [2.75, 3.05) is 33.2 Å². The highest BCUT2D eigenvalue weighted by atomic mass is 16.6. The number of aromatic amines is 1. The summed E-state index contributed by atoms with van der Waals surface area (Å²) in [5.74, 6) is 1.27. The van der Waals surface area contributed by atoms with Crippen molar-refractivity contribution >= 4 is 16.9 Å². The lowest BCUT2D eigenvalue weighted by atomic mass is 10.0. The van der Waals surface area contributed by atoms with E-state index in [0.29, 0.717) is 23.3 Å². The second kappa shape index (κ2) is 9.88. The molecule has 30 heavy (non-hydrogen) atoms. The van der Waals surface area contributed by atoms with Crippen LogP contribution in [0, 0.1) is 5.92 Å². The maximum absolute atomic E-state index is 12.7. The lowest BCUT2D eigenvalue weighted by Gasteiger charge is -2.34. The zero-order valence-electron chi connectivity index (χ0n) is 18.2. The molecule has 3 heterocycles. The molecule has 0 unspecified atom stereocenters. The number of oxime groups is 1. The molecule has 1 saturated heterocycles. The van der Waals surface area contributed by atoms with Gasteiger partial charge in [-0.1, -0.05) is 25.9 Å². The van der Waals surface area contributed by atoms with Gasteiger partial charge in [0, 0.05) is 38.7 Å². The van der Waals surface area contributed by atoms with Crippen molar-refractivity contribution < 1.29 is 9.25 Å². The predicted molar refractivity (Wildman–Crippen MR) is 116 cm³/mol. The maximum atomic E-state index is 12.7. The molecule has 2 aromatic heterocycles. The smallest absolute Gasteiger partial charge is 0.337 e. The molecule has 0 atom stereocenters. The van der Waals surface area contributed by atoms with Crippen LogP contribution in [0.2, 0.25) is 0 Å². The Morgan fingerprint density at radius 2 is 2.03 bits per heavy atom. The van der Waals surface area contributed by atoms with Gasteiger partial charge in [0.15, 0.2) is 0 Å². The monoisotopic (exact) mass is 417 g/mol. The molecule has 1 fully saturated rings. The number of hydrogen-bond acceptors (Lipinski definition) is 7. The minimum absolute atomic E-state index is 0.0214. The minimum atomic E-state index is -0.530. The number of nitrogens with one attached hydrogen (secondary N) is 1. The van der Waals surface area contributed by atoms with E-state index in [2.05, 4.69) is 52.7 Å². The number of amidine groups is 1. The van der Waals surface area contributed by atoms with Crippen LogP contribution in [0.4, 0.5) is 0 Å². The van der Waals surface area contributed by atoms with Crippen LogP contribution in [0.15, 0.2) is 25.2 Å². The molecule has 3 rings (SSSR count). The van der Waals surface area contributed by atoms with Crippen molar-refractivity contribution in [3.8, 4) is 6.01 Å². The zero-order chi connectivity index (χ0) is 21.7. The Labute approximate surface area is 175 Å². The van der Waals surface area contributed by atoms with Gasteiger partial charge in [-0.15, -0.1) is 0 Å². The number of H-pyrrole nitrogens is 1. The molecule has 2 aromatic rings. The van der Waals surface area contributed by atoms with Gasteiger partial charge in [-0.2, -0.15) is 4.98 Å². The summed E-state index contributed by atoms with van der Waals surface area (Å²) in [4.78, 5) is 41.4. The van der Waals surface area contributed by atoms with Crippen LogP contribution < -0.4 is 16.0 Å². The number of piperazine rings is 1. The van der Waals surface area contributed by atoms with E-state index < -0.39 is 11.2 Å². The Balaban J connectivity index is 1.88. The normalized spacial score (nSPS) is 15.9. The molecule has 0 spiro atoms. The summed E-state index contributed by atoms with van der Waals surface area (Å²) >= 11 is 0. The van der Waals surface area contributed by atoms with Crippen molar-refractivity contribution in [1.29, 1.82) is 0 Å². The second-order valence-electron chi connectivity index (χ2n) is 8.21. The summed E-state index contributed by atoms with van der Waals surface area (Å²) in [7, 11) is 2.09. The molecule has 0 aliphatic carbocycles. The van der Waals surface area contributed by atoms with Crippen LogP contribution in [0.3, 0.4) is 0 Å². The molecule has 0 radical (unpaired) electrons. The SMILES string of the molecule is CCCC(=NOc1nc2oc(=O)cc(CCC(C)C)c2c(=O)[nH]1)N1CCN(C)CC1. The number of likely N-dealkylation sites (N-methyl/N-ethyl adjacent to an activating group) is 1. The number of rotatable bonds is 7. The predicted octanol–water partition coefficient (Wildman–Crippen LogP) is 2.20. The first-order valence-corrected chi connectivity index (χ1v) is 10.6. The largest absolute Gasteiger partial charge is 0.403 e. The highest BCUT2D eigenvalue weighted by Crippen LogP contribution is 2.17. The third-order valence-electron chi connectivity index (χ3n) is 5.25. The molecule has 1 aliphatic rings. The third kappa shape index (κ3) is 5.47. The molecular formula is C21H31N5O4. The van der Waals surface area contributed by atoms with Crippen molar-refractivity contribution in [3.63, 3.8) is 0 Å². The number of aromatic nitrogens is 2. The fraction of sp³-hybridized carbons (Fsp3) is 0.619. The van der Waals surface area contributed by atoms with Crippen molar-refractivity contribution in [2.45, 2.75) is 46.5 Å². The number of hydrogen-bond donors (Lipinski definition) is 1. The Hall–Kier alpha value is -2.68. The van der Waals surface area contributed by atoms with E-state index >= 15 is 0 Å². The molecule has 1 N–H and O–H groups in total. The summed E-state index contributed by atoms with van der Waals surface area (Å²) in [6.07, 6.45) is 3.14. The molecular weight excluding hydrogens is 386 g/mol. The maximum Gasteiger partial charge on any atom is 0.337 e. The van der Waals surface area contributed by atoms with E-state index in [4.69, 9.17) is 9.25 Å². The molecule has 9 heteroatoms. The van der Waals surface area contributed by atoms with Crippen LogP contribution in [-0.4, -0.2) is 58.8 Å². The van der Waals surface area contributed by atoms with Crippen molar-refractivity contribution in [3.05, 3.63) is 32.4 Å². The molecule has 0 bridgehead atoms. The Morgan fingerprint density at radius 1 is 1.30 bits per heavy atom. The Morgan fingerprint density at radius 3 is 2.70 bits per heavy atom. The number of fused-ring (bicyclic) bond motifs is 1. The van der Waals surface area contributed by atoms with Gasteiger partial charge in [-0.25, -0.2) is 4.79 Å². The van der Waals surface area contributed by atoms with Crippen molar-refractivity contribution in [1.82, 2.24) is 19.8 Å². The van der Waals surface area contributed by atoms with Gasteiger partial charge < -0.3 is 19.1 Å². The zero-order valence-corrected chi connectivity index (χ0v) is 18.2. The lowest BCUT2D eigenvalue weighted by Crippen LogP contribution is -2.47. The van der Waals surface area contributed by atoms with E-state index in [1.807, 2.05) is 0 Å². The second-order valence-corrected chi connectivity index (χ2v) is 8.21. The highest BCUT2D eigenvalue weighted by Gasteiger charge is 2.18. The van der Waals surface area contributed by atoms with Crippen LogP contribution >= 0.6 is 0 Å². The molecule has 164 valence electrons. The standard InChI is InChI=1S/C21H31N5O4/c1-5-6-16(26-11-9-25(4)10-12-26)24-30-21-22-19(28)18-15(8-7-14(2)3)13-17(27)29-20(18)23-21/h13-14H,5-12H2,1-4H3,(H,22,23,28). The molecule has 0 saturated carbocycles. The minimum Gasteiger partial charge on any atom is -0.403 e. The van der Waals surface area contributed by atoms with E-state index in [0.717, 1.165) is 51.3 Å². The average Bonchev–Trinajstić information content (AvgIpc) is 2.69. The van der Waals surface area contributed by atoms with Crippen LogP contribution in [-0.2, 0) is 6.42 Å². The van der Waals surface area contributed by atoms with Gasteiger partial charge in [0.05, 0.1) is 0 Å². The van der Waals surface area contributed by atoms with E-state index in [1.165, 1.54) is 6.07 Å². The van der Waals surface area contributed by atoms with E-state index in [9.17, 15) is 9.59 Å². The van der Waals surface area contributed by atoms with Gasteiger partial charge in [0.1, 0.15) is 11.2 Å². The Bertz CT molecular complexity index is 1000. The number of aryl methyl sites for hydroxylation is 1. The summed E-state index contributed by atoms with van der Waals surface area (Å²) in [6, 6.07) is 1.28. The molecule has 0 aromatic carbocycles. The first-order valence-electron chi connectivity index (χ1n) is 10.6. The fourth-order valence-electron chi connectivity index (χ4n) is 3.46. The first kappa shape index (κ1) is 22.0. The topological polar surface area (TPSA) is 104 Å². The van der Waals surface area contributed by atoms with Gasteiger partial charge in [0.25, 0.3) is 5.56 Å². The van der Waals surface area contributed by atoms with E-state index in [1.54, 1.807) is 0 Å². The average molecular weight is 418 g/mol. The fourth-order valence-corrected chi connectivity index (χ4v) is 3.46. The third-order valence-corrected chi connectivity index (χ3v) is 5.25. The quantitative estimate of drug-likeness (QED) is 0.418. The molecule has 1 aliphatic heterocycles. The number of nitrogens with zero attached hydrogens (tertiary/aromatic N) is 4. The highest BCUT2D eigenvalue weighted by molar-refractivity contribution is 5.82. The summed E-state index contributed by atoms with van der Waals surface area (Å²) in [5.41, 5.74) is -0.308. The van der Waals surface area contributed by atoms with E-state index in [-0.39, 0.29) is 11.7 Å². The lowest BCUT2D eigenvalue weighted by molar-refractivity contribution is 0.205. The van der Waals surface area contributed by atoms with Crippen LogP contribution in [0.5, 0.6) is 6.01 Å².